The van der Waals surface area contributed by atoms with Crippen molar-refractivity contribution >= 4 is 34.3 Å². The molecular formula is C26H28ClN3O4. The molecule has 34 heavy (non-hydrogen) atoms. The monoisotopic (exact) mass is 481 g/mol. The van der Waals surface area contributed by atoms with Gasteiger partial charge in [-0.25, -0.2) is 0 Å². The first-order valence-corrected chi connectivity index (χ1v) is 11.9. The van der Waals surface area contributed by atoms with Crippen LogP contribution in [0.1, 0.15) is 35.8 Å². The summed E-state index contributed by atoms with van der Waals surface area (Å²) in [5, 5.41) is 4.61. The number of aromatic nitrogens is 1. The van der Waals surface area contributed by atoms with Gasteiger partial charge in [-0.3, -0.25) is 9.59 Å². The van der Waals surface area contributed by atoms with Crippen LogP contribution in [0.3, 0.4) is 0 Å². The van der Waals surface area contributed by atoms with Crippen LogP contribution in [-0.4, -0.2) is 53.2 Å². The van der Waals surface area contributed by atoms with E-state index in [2.05, 4.69) is 5.32 Å². The van der Waals surface area contributed by atoms with E-state index in [1.54, 1.807) is 24.1 Å². The molecule has 1 fully saturated rings. The summed E-state index contributed by atoms with van der Waals surface area (Å²) in [6.45, 7) is 3.62. The van der Waals surface area contributed by atoms with E-state index in [1.807, 2.05) is 47.9 Å². The highest BCUT2D eigenvalue weighted by atomic mass is 35.5. The first-order chi connectivity index (χ1) is 16.4. The van der Waals surface area contributed by atoms with E-state index >= 15 is 0 Å². The van der Waals surface area contributed by atoms with E-state index in [-0.39, 0.29) is 17.9 Å². The number of rotatable bonds is 6. The third kappa shape index (κ3) is 4.03. The van der Waals surface area contributed by atoms with E-state index in [1.165, 1.54) is 0 Å². The molecule has 1 N–H and O–H groups in total. The first kappa shape index (κ1) is 22.7. The lowest BCUT2D eigenvalue weighted by Crippen LogP contribution is -2.64. The number of hydrogen-bond donors (Lipinski definition) is 1. The van der Waals surface area contributed by atoms with Gasteiger partial charge in [-0.2, -0.15) is 0 Å². The Hall–Kier alpha value is -3.03. The summed E-state index contributed by atoms with van der Waals surface area (Å²) in [6.07, 6.45) is 1.94. The van der Waals surface area contributed by atoms with Crippen molar-refractivity contribution < 1.29 is 19.1 Å². The molecule has 1 saturated heterocycles. The highest BCUT2D eigenvalue weighted by Gasteiger charge is 2.47. The second-order valence-corrected chi connectivity index (χ2v) is 9.61. The predicted molar refractivity (Wildman–Crippen MR) is 130 cm³/mol. The van der Waals surface area contributed by atoms with E-state index in [4.69, 9.17) is 21.1 Å². The zero-order valence-electron chi connectivity index (χ0n) is 19.3. The molecule has 2 atom stereocenters. The number of benzene rings is 2. The molecule has 2 aliphatic rings. The van der Waals surface area contributed by atoms with Crippen LogP contribution in [0.5, 0.6) is 5.75 Å². The number of hydrogen-bond acceptors (Lipinski definition) is 4. The van der Waals surface area contributed by atoms with Gasteiger partial charge in [0.2, 0.25) is 5.91 Å². The Balaban J connectivity index is 1.53. The van der Waals surface area contributed by atoms with Gasteiger partial charge in [0.1, 0.15) is 17.0 Å². The number of ether oxygens (including phenoxy) is 2. The van der Waals surface area contributed by atoms with Crippen molar-refractivity contribution in [2.24, 2.45) is 0 Å². The second-order valence-electron chi connectivity index (χ2n) is 9.18. The van der Waals surface area contributed by atoms with Crippen LogP contribution in [0.25, 0.3) is 10.9 Å². The number of nitrogens with one attached hydrogen (secondary N) is 1. The maximum absolute atomic E-state index is 13.8. The highest BCUT2D eigenvalue weighted by molar-refractivity contribution is 6.30. The van der Waals surface area contributed by atoms with Gasteiger partial charge in [-0.1, -0.05) is 23.7 Å². The summed E-state index contributed by atoms with van der Waals surface area (Å²) < 4.78 is 13.0. The van der Waals surface area contributed by atoms with Crippen LogP contribution in [0.15, 0.2) is 48.5 Å². The third-order valence-electron chi connectivity index (χ3n) is 6.89. The second kappa shape index (κ2) is 8.96. The maximum atomic E-state index is 13.8. The van der Waals surface area contributed by atoms with Gasteiger partial charge < -0.3 is 24.3 Å². The fraction of sp³-hybridized carbons (Fsp3) is 0.385. The molecule has 2 amide bonds. The van der Waals surface area contributed by atoms with Gasteiger partial charge >= 0.3 is 0 Å². The van der Waals surface area contributed by atoms with Gasteiger partial charge in [0.05, 0.1) is 25.3 Å². The minimum absolute atomic E-state index is 0.0174. The lowest BCUT2D eigenvalue weighted by molar-refractivity contribution is -0.133. The molecule has 0 unspecified atom stereocenters. The summed E-state index contributed by atoms with van der Waals surface area (Å²) in [5.41, 5.74) is 1.23. The lowest BCUT2D eigenvalue weighted by atomic mass is 9.93. The van der Waals surface area contributed by atoms with Crippen molar-refractivity contribution in [2.75, 3.05) is 20.3 Å². The Labute approximate surface area is 203 Å². The normalized spacial score (nSPS) is 22.1. The minimum Gasteiger partial charge on any atom is -0.497 e. The van der Waals surface area contributed by atoms with Gasteiger partial charge in [-0.15, -0.1) is 0 Å². The Morgan fingerprint density at radius 3 is 2.74 bits per heavy atom. The van der Waals surface area contributed by atoms with Gasteiger partial charge in [0.25, 0.3) is 5.91 Å². The fourth-order valence-corrected chi connectivity index (χ4v) is 5.01. The maximum Gasteiger partial charge on any atom is 0.271 e. The standard InChI is InChI=1S/C26H28ClN3O4/c1-26(25(32)28-14-21-4-3-11-34-21)16-29-22-13-20(33-2)10-7-18(22)12-23(29)24(31)30(26)15-17-5-8-19(27)9-6-17/h5-10,12-13,21H,3-4,11,14-16H2,1-2H3,(H,28,32)/t21-,26+/m0/s1. The molecule has 0 radical (unpaired) electrons. The largest absolute Gasteiger partial charge is 0.497 e. The van der Waals surface area contributed by atoms with Crippen LogP contribution in [0.2, 0.25) is 5.02 Å². The molecule has 0 spiro atoms. The molecule has 1 aromatic heterocycles. The number of carbonyl (C=O) groups is 2. The Morgan fingerprint density at radius 1 is 1.24 bits per heavy atom. The Morgan fingerprint density at radius 2 is 2.03 bits per heavy atom. The molecule has 2 aromatic carbocycles. The number of nitrogens with zero attached hydrogens (tertiary/aromatic N) is 2. The highest BCUT2D eigenvalue weighted by Crippen LogP contribution is 2.35. The molecule has 0 bridgehead atoms. The molecule has 0 saturated carbocycles. The quantitative estimate of drug-likeness (QED) is 0.577. The first-order valence-electron chi connectivity index (χ1n) is 11.5. The summed E-state index contributed by atoms with van der Waals surface area (Å²) >= 11 is 6.06. The molecular weight excluding hydrogens is 454 g/mol. The average Bonchev–Trinajstić information content (AvgIpc) is 3.49. The Kier molecular flexibility index (Phi) is 6.00. The van der Waals surface area contributed by atoms with E-state index in [0.717, 1.165) is 35.9 Å². The van der Waals surface area contributed by atoms with Crippen LogP contribution >= 0.6 is 11.6 Å². The zero-order valence-corrected chi connectivity index (χ0v) is 20.1. The third-order valence-corrected chi connectivity index (χ3v) is 7.15. The number of methoxy groups -OCH3 is 1. The van der Waals surface area contributed by atoms with E-state index < -0.39 is 5.54 Å². The zero-order chi connectivity index (χ0) is 23.9. The van der Waals surface area contributed by atoms with Crippen molar-refractivity contribution in [1.82, 2.24) is 14.8 Å². The number of fused-ring (bicyclic) bond motifs is 3. The minimum atomic E-state index is -1.10. The van der Waals surface area contributed by atoms with Crippen LogP contribution < -0.4 is 10.1 Å². The lowest BCUT2D eigenvalue weighted by Gasteiger charge is -2.44. The average molecular weight is 482 g/mol. The number of amides is 2. The van der Waals surface area contributed by atoms with E-state index in [9.17, 15) is 9.59 Å². The van der Waals surface area contributed by atoms with Crippen LogP contribution in [-0.2, 0) is 22.6 Å². The smallest absolute Gasteiger partial charge is 0.271 e. The molecule has 8 heteroatoms. The molecule has 2 aliphatic heterocycles. The van der Waals surface area contributed by atoms with E-state index in [0.29, 0.717) is 36.1 Å². The van der Waals surface area contributed by atoms with Crippen molar-refractivity contribution in [3.63, 3.8) is 0 Å². The summed E-state index contributed by atoms with van der Waals surface area (Å²) in [7, 11) is 1.61. The SMILES string of the molecule is COc1ccc2cc3n(c2c1)C[C@](C)(C(=O)NC[C@@H]1CCCO1)N(Cc1ccc(Cl)cc1)C3=O. The van der Waals surface area contributed by atoms with Gasteiger partial charge in [-0.05, 0) is 55.7 Å². The van der Waals surface area contributed by atoms with Crippen molar-refractivity contribution in [2.45, 2.75) is 44.5 Å². The predicted octanol–water partition coefficient (Wildman–Crippen LogP) is 4.01. The van der Waals surface area contributed by atoms with Gasteiger partial charge in [0, 0.05) is 36.2 Å². The fourth-order valence-electron chi connectivity index (χ4n) is 4.88. The van der Waals surface area contributed by atoms with Crippen molar-refractivity contribution in [3.8, 4) is 5.75 Å². The Bertz CT molecular complexity index is 1230. The molecule has 3 aromatic rings. The van der Waals surface area contributed by atoms with Crippen LogP contribution in [0.4, 0.5) is 0 Å². The molecule has 178 valence electrons. The summed E-state index contributed by atoms with van der Waals surface area (Å²) in [5.74, 6) is 0.320. The molecule has 3 heterocycles. The number of carbonyl (C=O) groups excluding carboxylic acids is 2. The molecule has 7 nitrogen and oxygen atoms in total. The summed E-state index contributed by atoms with van der Waals surface area (Å²) in [4.78, 5) is 29.2. The van der Waals surface area contributed by atoms with Crippen molar-refractivity contribution in [1.29, 1.82) is 0 Å². The molecule has 0 aliphatic carbocycles. The molecule has 5 rings (SSSR count). The van der Waals surface area contributed by atoms with Crippen LogP contribution in [0, 0.1) is 0 Å². The topological polar surface area (TPSA) is 72.8 Å². The van der Waals surface area contributed by atoms with Gasteiger partial charge in [0.15, 0.2) is 0 Å². The van der Waals surface area contributed by atoms with Crippen molar-refractivity contribution in [3.05, 3.63) is 64.8 Å². The number of halogens is 1. The summed E-state index contributed by atoms with van der Waals surface area (Å²) in [6, 6.07) is 15.0.